The molecule has 0 spiro atoms. The zero-order chi connectivity index (χ0) is 9.84. The highest BCUT2D eigenvalue weighted by atomic mass is 127. The van der Waals surface area contributed by atoms with Crippen molar-refractivity contribution in [2.24, 2.45) is 5.92 Å². The fraction of sp³-hybridized carbons (Fsp3) is 0.889. The van der Waals surface area contributed by atoms with Gasteiger partial charge >= 0.3 is 5.97 Å². The Labute approximate surface area is 92.0 Å². The molecule has 2 atom stereocenters. The van der Waals surface area contributed by atoms with Crippen molar-refractivity contribution < 1.29 is 14.6 Å². The average molecular weight is 298 g/mol. The summed E-state index contributed by atoms with van der Waals surface area (Å²) in [6.07, 6.45) is 3.76. The van der Waals surface area contributed by atoms with Crippen LogP contribution in [0.1, 0.15) is 25.7 Å². The molecule has 1 aliphatic carbocycles. The lowest BCUT2D eigenvalue weighted by atomic mass is 9.81. The maximum atomic E-state index is 11.0. The molecule has 3 nitrogen and oxygen atoms in total. The number of aliphatic hydroxyl groups excluding tert-OH is 1. The Morgan fingerprint density at radius 2 is 2.31 bits per heavy atom. The summed E-state index contributed by atoms with van der Waals surface area (Å²) in [6.45, 7) is 0. The second-order valence-corrected chi connectivity index (χ2v) is 5.12. The van der Waals surface area contributed by atoms with Gasteiger partial charge < -0.3 is 9.84 Å². The van der Waals surface area contributed by atoms with Gasteiger partial charge in [-0.3, -0.25) is 0 Å². The molecular weight excluding hydrogens is 283 g/mol. The van der Waals surface area contributed by atoms with Gasteiger partial charge in [0, 0.05) is 3.92 Å². The smallest absolute Gasteiger partial charge is 0.335 e. The standard InChI is InChI=1S/C9H15IO3/c1-13-9(12)8(11)7(10)5-6-3-2-4-6/h6-8,11H,2-5H2,1H3. The van der Waals surface area contributed by atoms with Crippen molar-refractivity contribution in [1.29, 1.82) is 0 Å². The van der Waals surface area contributed by atoms with Crippen LogP contribution in [0, 0.1) is 5.92 Å². The van der Waals surface area contributed by atoms with Crippen molar-refractivity contribution in [3.05, 3.63) is 0 Å². The summed E-state index contributed by atoms with van der Waals surface area (Å²) >= 11 is 2.13. The number of rotatable bonds is 4. The van der Waals surface area contributed by atoms with Gasteiger partial charge in [-0.2, -0.15) is 0 Å². The van der Waals surface area contributed by atoms with Crippen LogP contribution in [-0.2, 0) is 9.53 Å². The van der Waals surface area contributed by atoms with Crippen LogP contribution in [0.15, 0.2) is 0 Å². The second kappa shape index (κ2) is 5.14. The number of hydrogen-bond donors (Lipinski definition) is 1. The first-order valence-electron chi connectivity index (χ1n) is 4.55. The lowest BCUT2D eigenvalue weighted by molar-refractivity contribution is -0.150. The first-order valence-corrected chi connectivity index (χ1v) is 5.79. The summed E-state index contributed by atoms with van der Waals surface area (Å²) in [4.78, 5) is 11.0. The number of aliphatic hydroxyl groups is 1. The zero-order valence-electron chi connectivity index (χ0n) is 7.70. The minimum atomic E-state index is -0.953. The van der Waals surface area contributed by atoms with Crippen molar-refractivity contribution in [3.8, 4) is 0 Å². The minimum absolute atomic E-state index is 0.00431. The average Bonchev–Trinajstić information content (AvgIpc) is 2.08. The van der Waals surface area contributed by atoms with Crippen LogP contribution in [0.5, 0.6) is 0 Å². The van der Waals surface area contributed by atoms with Crippen LogP contribution < -0.4 is 0 Å². The highest BCUT2D eigenvalue weighted by molar-refractivity contribution is 14.1. The normalized spacial score (nSPS) is 21.8. The molecule has 0 saturated heterocycles. The molecule has 0 amide bonds. The van der Waals surface area contributed by atoms with Crippen molar-refractivity contribution in [3.63, 3.8) is 0 Å². The molecule has 0 aliphatic heterocycles. The number of halogens is 1. The summed E-state index contributed by atoms with van der Waals surface area (Å²) < 4.78 is 4.47. The van der Waals surface area contributed by atoms with Gasteiger partial charge in [0.15, 0.2) is 6.10 Å². The van der Waals surface area contributed by atoms with Crippen LogP contribution in [-0.4, -0.2) is 28.2 Å². The molecule has 0 radical (unpaired) electrons. The van der Waals surface area contributed by atoms with E-state index in [1.165, 1.54) is 26.4 Å². The van der Waals surface area contributed by atoms with Gasteiger partial charge in [0.05, 0.1) is 7.11 Å². The quantitative estimate of drug-likeness (QED) is 0.486. The number of esters is 1. The van der Waals surface area contributed by atoms with Crippen molar-refractivity contribution in [2.75, 3.05) is 7.11 Å². The Balaban J connectivity index is 2.27. The van der Waals surface area contributed by atoms with Gasteiger partial charge in [0.25, 0.3) is 0 Å². The number of carbonyl (C=O) groups is 1. The minimum Gasteiger partial charge on any atom is -0.467 e. The molecule has 0 aromatic carbocycles. The van der Waals surface area contributed by atoms with E-state index in [0.29, 0.717) is 5.92 Å². The van der Waals surface area contributed by atoms with Gasteiger partial charge in [-0.15, -0.1) is 0 Å². The van der Waals surface area contributed by atoms with E-state index in [2.05, 4.69) is 27.3 Å². The Bertz CT molecular complexity index is 180. The van der Waals surface area contributed by atoms with E-state index in [-0.39, 0.29) is 3.92 Å². The Morgan fingerprint density at radius 1 is 1.69 bits per heavy atom. The molecule has 1 aliphatic rings. The van der Waals surface area contributed by atoms with Crippen LogP contribution >= 0.6 is 22.6 Å². The molecule has 1 rings (SSSR count). The lowest BCUT2D eigenvalue weighted by Crippen LogP contribution is -2.33. The van der Waals surface area contributed by atoms with Crippen LogP contribution in [0.3, 0.4) is 0 Å². The molecule has 0 bridgehead atoms. The number of methoxy groups -OCH3 is 1. The zero-order valence-corrected chi connectivity index (χ0v) is 9.86. The number of hydrogen-bond acceptors (Lipinski definition) is 3. The fourth-order valence-corrected chi connectivity index (χ4v) is 2.46. The molecule has 2 unspecified atom stereocenters. The predicted molar refractivity (Wildman–Crippen MR) is 57.8 cm³/mol. The SMILES string of the molecule is COC(=O)C(O)C(I)CC1CCC1. The first kappa shape index (κ1) is 11.2. The van der Waals surface area contributed by atoms with Gasteiger partial charge in [-0.1, -0.05) is 41.9 Å². The van der Waals surface area contributed by atoms with E-state index in [1.807, 2.05) is 0 Å². The van der Waals surface area contributed by atoms with Gasteiger partial charge in [0.2, 0.25) is 0 Å². The van der Waals surface area contributed by atoms with E-state index in [1.54, 1.807) is 0 Å². The highest BCUT2D eigenvalue weighted by Gasteiger charge is 2.29. The number of alkyl halides is 1. The van der Waals surface area contributed by atoms with Crippen molar-refractivity contribution in [1.82, 2.24) is 0 Å². The second-order valence-electron chi connectivity index (χ2n) is 3.52. The maximum absolute atomic E-state index is 11.0. The molecular formula is C9H15IO3. The number of ether oxygens (including phenoxy) is 1. The highest BCUT2D eigenvalue weighted by Crippen LogP contribution is 2.33. The van der Waals surface area contributed by atoms with Crippen molar-refractivity contribution in [2.45, 2.75) is 35.7 Å². The molecule has 1 N–H and O–H groups in total. The topological polar surface area (TPSA) is 46.5 Å². The van der Waals surface area contributed by atoms with E-state index < -0.39 is 12.1 Å². The first-order chi connectivity index (χ1) is 6.15. The fourth-order valence-electron chi connectivity index (χ4n) is 1.44. The monoisotopic (exact) mass is 298 g/mol. The molecule has 0 heterocycles. The van der Waals surface area contributed by atoms with E-state index in [9.17, 15) is 9.90 Å². The molecule has 1 fully saturated rings. The molecule has 4 heteroatoms. The largest absolute Gasteiger partial charge is 0.467 e. The van der Waals surface area contributed by atoms with Crippen LogP contribution in [0.25, 0.3) is 0 Å². The molecule has 13 heavy (non-hydrogen) atoms. The van der Waals surface area contributed by atoms with Crippen LogP contribution in [0.2, 0.25) is 0 Å². The third kappa shape index (κ3) is 3.09. The summed E-state index contributed by atoms with van der Waals surface area (Å²) in [5.41, 5.74) is 0. The van der Waals surface area contributed by atoms with Crippen LogP contribution in [0.4, 0.5) is 0 Å². The third-order valence-electron chi connectivity index (χ3n) is 2.57. The summed E-state index contributed by atoms with van der Waals surface area (Å²) in [6, 6.07) is 0. The van der Waals surface area contributed by atoms with Gasteiger partial charge in [-0.05, 0) is 12.3 Å². The van der Waals surface area contributed by atoms with Crippen molar-refractivity contribution >= 4 is 28.6 Å². The summed E-state index contributed by atoms with van der Waals surface area (Å²) in [5, 5.41) is 9.47. The maximum Gasteiger partial charge on any atom is 0.335 e. The molecule has 0 aromatic rings. The summed E-state index contributed by atoms with van der Waals surface area (Å²) in [7, 11) is 1.30. The van der Waals surface area contributed by atoms with E-state index >= 15 is 0 Å². The molecule has 1 saturated carbocycles. The predicted octanol–water partition coefficient (Wildman–Crippen LogP) is 1.51. The Morgan fingerprint density at radius 3 is 2.69 bits per heavy atom. The van der Waals surface area contributed by atoms with Gasteiger partial charge in [0.1, 0.15) is 0 Å². The molecule has 0 aromatic heterocycles. The van der Waals surface area contributed by atoms with E-state index in [4.69, 9.17) is 0 Å². The third-order valence-corrected chi connectivity index (χ3v) is 3.76. The number of carbonyl (C=O) groups excluding carboxylic acids is 1. The molecule has 76 valence electrons. The summed E-state index contributed by atoms with van der Waals surface area (Å²) in [5.74, 6) is 0.194. The Kier molecular flexibility index (Phi) is 4.45. The van der Waals surface area contributed by atoms with Gasteiger partial charge in [-0.25, -0.2) is 4.79 Å². The Hall–Kier alpha value is 0.160. The van der Waals surface area contributed by atoms with E-state index in [0.717, 1.165) is 6.42 Å². The lowest BCUT2D eigenvalue weighted by Gasteiger charge is -2.28.